The van der Waals surface area contributed by atoms with Crippen LogP contribution in [-0.2, 0) is 6.54 Å². The van der Waals surface area contributed by atoms with Gasteiger partial charge in [0.25, 0.3) is 0 Å². The van der Waals surface area contributed by atoms with Crippen molar-refractivity contribution >= 4 is 5.82 Å². The molecule has 0 radical (unpaired) electrons. The SMILES string of the molecule is CCNc1ccc(Cn2nnc(-c3ccccc3)n2)cn1. The molecule has 6 heteroatoms. The van der Waals surface area contributed by atoms with Gasteiger partial charge in [0.05, 0.1) is 6.54 Å². The molecule has 3 rings (SSSR count). The smallest absolute Gasteiger partial charge is 0.204 e. The number of hydrogen-bond donors (Lipinski definition) is 1. The molecule has 0 bridgehead atoms. The predicted molar refractivity (Wildman–Crippen MR) is 80.8 cm³/mol. The molecule has 3 aromatic rings. The van der Waals surface area contributed by atoms with Gasteiger partial charge in [0.2, 0.25) is 5.82 Å². The topological polar surface area (TPSA) is 68.5 Å². The van der Waals surface area contributed by atoms with Crippen LogP contribution in [0.2, 0.25) is 0 Å². The molecule has 0 saturated heterocycles. The summed E-state index contributed by atoms with van der Waals surface area (Å²) in [6.07, 6.45) is 1.82. The highest BCUT2D eigenvalue weighted by molar-refractivity contribution is 5.52. The second-order valence-electron chi connectivity index (χ2n) is 4.59. The Kier molecular flexibility index (Phi) is 3.86. The van der Waals surface area contributed by atoms with Gasteiger partial charge in [-0.1, -0.05) is 36.4 Å². The molecule has 0 spiro atoms. The maximum Gasteiger partial charge on any atom is 0.204 e. The van der Waals surface area contributed by atoms with Crippen molar-refractivity contribution in [3.8, 4) is 11.4 Å². The number of nitrogens with zero attached hydrogens (tertiary/aromatic N) is 5. The third-order valence-corrected chi connectivity index (χ3v) is 2.99. The summed E-state index contributed by atoms with van der Waals surface area (Å²) >= 11 is 0. The molecule has 1 aromatic carbocycles. The van der Waals surface area contributed by atoms with Crippen LogP contribution in [0.3, 0.4) is 0 Å². The van der Waals surface area contributed by atoms with Crippen molar-refractivity contribution in [3.05, 3.63) is 54.2 Å². The zero-order chi connectivity index (χ0) is 14.5. The molecular weight excluding hydrogens is 264 g/mol. The number of aromatic nitrogens is 5. The van der Waals surface area contributed by atoms with Gasteiger partial charge in [0.15, 0.2) is 0 Å². The third-order valence-electron chi connectivity index (χ3n) is 2.99. The molecule has 0 saturated carbocycles. The Morgan fingerprint density at radius 3 is 2.67 bits per heavy atom. The third kappa shape index (κ3) is 3.22. The van der Waals surface area contributed by atoms with Crippen LogP contribution in [0.1, 0.15) is 12.5 Å². The van der Waals surface area contributed by atoms with Gasteiger partial charge in [-0.25, -0.2) is 4.98 Å². The van der Waals surface area contributed by atoms with Crippen LogP contribution in [0.25, 0.3) is 11.4 Å². The lowest BCUT2D eigenvalue weighted by molar-refractivity contribution is 0.572. The summed E-state index contributed by atoms with van der Waals surface area (Å²) in [7, 11) is 0. The second kappa shape index (κ2) is 6.13. The summed E-state index contributed by atoms with van der Waals surface area (Å²) in [6.45, 7) is 3.46. The van der Waals surface area contributed by atoms with Crippen molar-refractivity contribution in [1.29, 1.82) is 0 Å². The highest BCUT2D eigenvalue weighted by Crippen LogP contribution is 2.12. The number of pyridine rings is 1. The molecule has 0 atom stereocenters. The Hall–Kier alpha value is -2.76. The first-order chi connectivity index (χ1) is 10.3. The molecule has 0 aliphatic rings. The molecule has 2 aromatic heterocycles. The van der Waals surface area contributed by atoms with E-state index in [4.69, 9.17) is 0 Å². The average molecular weight is 280 g/mol. The van der Waals surface area contributed by atoms with E-state index in [0.29, 0.717) is 12.4 Å². The minimum atomic E-state index is 0.555. The fraction of sp³-hybridized carbons (Fsp3) is 0.200. The quantitative estimate of drug-likeness (QED) is 0.776. The van der Waals surface area contributed by atoms with Crippen molar-refractivity contribution < 1.29 is 0 Å². The van der Waals surface area contributed by atoms with Gasteiger partial charge in [-0.2, -0.15) is 4.80 Å². The Labute approximate surface area is 122 Å². The molecule has 21 heavy (non-hydrogen) atoms. The maximum atomic E-state index is 4.39. The zero-order valence-corrected chi connectivity index (χ0v) is 11.8. The Morgan fingerprint density at radius 1 is 1.10 bits per heavy atom. The fourth-order valence-corrected chi connectivity index (χ4v) is 1.98. The molecule has 0 amide bonds. The van der Waals surface area contributed by atoms with Crippen LogP contribution < -0.4 is 5.32 Å². The van der Waals surface area contributed by atoms with Crippen molar-refractivity contribution in [2.75, 3.05) is 11.9 Å². The van der Waals surface area contributed by atoms with Gasteiger partial charge >= 0.3 is 0 Å². The highest BCUT2D eigenvalue weighted by atomic mass is 15.6. The Bertz CT molecular complexity index is 690. The lowest BCUT2D eigenvalue weighted by atomic mass is 10.2. The number of tetrazole rings is 1. The van der Waals surface area contributed by atoms with Crippen molar-refractivity contribution in [2.45, 2.75) is 13.5 Å². The lowest BCUT2D eigenvalue weighted by Crippen LogP contribution is -2.05. The van der Waals surface area contributed by atoms with Crippen LogP contribution in [0.4, 0.5) is 5.82 Å². The van der Waals surface area contributed by atoms with Crippen LogP contribution >= 0.6 is 0 Å². The summed E-state index contributed by atoms with van der Waals surface area (Å²) < 4.78 is 0. The average Bonchev–Trinajstić information content (AvgIpc) is 2.99. The summed E-state index contributed by atoms with van der Waals surface area (Å²) in [5, 5.41) is 15.7. The van der Waals surface area contributed by atoms with Gasteiger partial charge in [-0.3, -0.25) is 0 Å². The molecule has 6 nitrogen and oxygen atoms in total. The van der Waals surface area contributed by atoms with Gasteiger partial charge in [0, 0.05) is 18.3 Å². The van der Waals surface area contributed by atoms with Gasteiger partial charge in [0.1, 0.15) is 5.82 Å². The molecule has 0 aliphatic carbocycles. The minimum Gasteiger partial charge on any atom is -0.370 e. The fourth-order valence-electron chi connectivity index (χ4n) is 1.98. The van der Waals surface area contributed by atoms with E-state index < -0.39 is 0 Å². The standard InChI is InChI=1S/C15H16N6/c1-2-16-14-9-8-12(10-17-14)11-21-19-15(18-20-21)13-6-4-3-5-7-13/h3-10H,2,11H2,1H3,(H,16,17). The predicted octanol–water partition coefficient (Wildman–Crippen LogP) is 2.22. The van der Waals surface area contributed by atoms with E-state index in [1.165, 1.54) is 0 Å². The molecule has 106 valence electrons. The molecule has 2 heterocycles. The zero-order valence-electron chi connectivity index (χ0n) is 11.8. The summed E-state index contributed by atoms with van der Waals surface area (Å²) in [5.41, 5.74) is 2.00. The van der Waals surface area contributed by atoms with Crippen molar-refractivity contribution in [3.63, 3.8) is 0 Å². The number of nitrogens with one attached hydrogen (secondary N) is 1. The number of rotatable bonds is 5. The normalized spacial score (nSPS) is 10.5. The van der Waals surface area contributed by atoms with E-state index >= 15 is 0 Å². The molecule has 0 unspecified atom stereocenters. The summed E-state index contributed by atoms with van der Waals surface area (Å²) in [6, 6.07) is 13.8. The van der Waals surface area contributed by atoms with Crippen LogP contribution in [0, 0.1) is 0 Å². The first-order valence-corrected chi connectivity index (χ1v) is 6.87. The number of benzene rings is 1. The van der Waals surface area contributed by atoms with Gasteiger partial charge in [-0.15, -0.1) is 10.2 Å². The van der Waals surface area contributed by atoms with Crippen LogP contribution in [-0.4, -0.2) is 31.7 Å². The Balaban J connectivity index is 1.72. The molecule has 0 fully saturated rings. The number of hydrogen-bond acceptors (Lipinski definition) is 5. The monoisotopic (exact) mass is 280 g/mol. The molecule has 0 aliphatic heterocycles. The van der Waals surface area contributed by atoms with E-state index in [0.717, 1.165) is 23.5 Å². The largest absolute Gasteiger partial charge is 0.370 e. The van der Waals surface area contributed by atoms with E-state index in [1.807, 2.05) is 55.6 Å². The van der Waals surface area contributed by atoms with Crippen LogP contribution in [0.15, 0.2) is 48.7 Å². The van der Waals surface area contributed by atoms with Crippen molar-refractivity contribution in [2.24, 2.45) is 0 Å². The van der Waals surface area contributed by atoms with E-state index in [-0.39, 0.29) is 0 Å². The first-order valence-electron chi connectivity index (χ1n) is 6.87. The second-order valence-corrected chi connectivity index (χ2v) is 4.59. The lowest BCUT2D eigenvalue weighted by Gasteiger charge is -2.03. The van der Waals surface area contributed by atoms with E-state index in [9.17, 15) is 0 Å². The number of anilines is 1. The Morgan fingerprint density at radius 2 is 1.95 bits per heavy atom. The van der Waals surface area contributed by atoms with E-state index in [2.05, 4.69) is 25.7 Å². The maximum absolute atomic E-state index is 4.39. The summed E-state index contributed by atoms with van der Waals surface area (Å²) in [5.74, 6) is 1.51. The summed E-state index contributed by atoms with van der Waals surface area (Å²) in [4.78, 5) is 5.90. The first kappa shape index (κ1) is 13.2. The van der Waals surface area contributed by atoms with E-state index in [1.54, 1.807) is 4.80 Å². The van der Waals surface area contributed by atoms with Gasteiger partial charge < -0.3 is 5.32 Å². The molecular formula is C15H16N6. The minimum absolute atomic E-state index is 0.555. The van der Waals surface area contributed by atoms with Gasteiger partial charge in [-0.05, 0) is 23.8 Å². The molecule has 1 N–H and O–H groups in total. The van der Waals surface area contributed by atoms with Crippen molar-refractivity contribution in [1.82, 2.24) is 25.2 Å². The highest BCUT2D eigenvalue weighted by Gasteiger charge is 2.05. The van der Waals surface area contributed by atoms with Crippen LogP contribution in [0.5, 0.6) is 0 Å².